The Balaban J connectivity index is 1.94. The molecule has 0 saturated carbocycles. The predicted octanol–water partition coefficient (Wildman–Crippen LogP) is 1.01. The lowest BCUT2D eigenvalue weighted by Crippen LogP contribution is -2.34. The minimum atomic E-state index is 1.10. The van der Waals surface area contributed by atoms with Crippen LogP contribution in [-0.2, 0) is 0 Å². The molecule has 0 amide bonds. The Hall–Kier alpha value is -0.120. The summed E-state index contributed by atoms with van der Waals surface area (Å²) in [6, 6.07) is 0. The number of nitrogens with zero attached hydrogens (tertiary/aromatic N) is 2. The Bertz CT molecular complexity index is 144. The normalized spacial score (nSPS) is 18.6. The molecule has 0 atom stereocenters. The van der Waals surface area contributed by atoms with Crippen molar-refractivity contribution >= 4 is 0 Å². The first-order valence-electron chi connectivity index (χ1n) is 6.38. The van der Waals surface area contributed by atoms with Gasteiger partial charge in [-0.3, -0.25) is 0 Å². The van der Waals surface area contributed by atoms with Crippen molar-refractivity contribution < 1.29 is 0 Å². The van der Waals surface area contributed by atoms with Crippen molar-refractivity contribution in [2.45, 2.75) is 25.7 Å². The van der Waals surface area contributed by atoms with E-state index in [1.165, 1.54) is 51.9 Å². The Morgan fingerprint density at radius 1 is 1.13 bits per heavy atom. The molecule has 0 bridgehead atoms. The number of likely N-dealkylation sites (N-methyl/N-ethyl adjacent to an activating group) is 2. The minimum absolute atomic E-state index is 1.10. The summed E-state index contributed by atoms with van der Waals surface area (Å²) in [6.45, 7) is 7.46. The molecule has 0 spiro atoms. The summed E-state index contributed by atoms with van der Waals surface area (Å²) in [5.74, 6) is 0. The molecular formula is C12H27N3. The van der Waals surface area contributed by atoms with Crippen LogP contribution in [0.3, 0.4) is 0 Å². The third kappa shape index (κ3) is 6.13. The number of hydrogen-bond donors (Lipinski definition) is 1. The molecule has 1 N–H and O–H groups in total. The fourth-order valence-corrected chi connectivity index (χ4v) is 2.16. The third-order valence-corrected chi connectivity index (χ3v) is 3.21. The first kappa shape index (κ1) is 12.9. The maximum Gasteiger partial charge on any atom is 0.0104 e. The molecule has 0 aromatic carbocycles. The largest absolute Gasteiger partial charge is 0.318 e. The van der Waals surface area contributed by atoms with E-state index < -0.39 is 0 Å². The van der Waals surface area contributed by atoms with Crippen LogP contribution >= 0.6 is 0 Å². The van der Waals surface area contributed by atoms with E-state index in [0.717, 1.165) is 13.1 Å². The Morgan fingerprint density at radius 2 is 1.87 bits per heavy atom. The Labute approximate surface area is 94.8 Å². The molecule has 0 aliphatic carbocycles. The summed E-state index contributed by atoms with van der Waals surface area (Å²) in [4.78, 5) is 5.04. The lowest BCUT2D eigenvalue weighted by Gasteiger charge is -2.27. The number of nitrogens with one attached hydrogen (secondary N) is 1. The summed E-state index contributed by atoms with van der Waals surface area (Å²) in [5.41, 5.74) is 0. The fourth-order valence-electron chi connectivity index (χ4n) is 2.16. The molecule has 15 heavy (non-hydrogen) atoms. The van der Waals surface area contributed by atoms with Crippen LogP contribution in [0.1, 0.15) is 25.7 Å². The van der Waals surface area contributed by atoms with Gasteiger partial charge in [0.05, 0.1) is 0 Å². The molecule has 0 aromatic rings. The van der Waals surface area contributed by atoms with Crippen molar-refractivity contribution in [3.8, 4) is 0 Å². The second kappa shape index (κ2) is 8.08. The van der Waals surface area contributed by atoms with Crippen molar-refractivity contribution in [2.75, 3.05) is 53.4 Å². The van der Waals surface area contributed by atoms with Crippen LogP contribution in [0.2, 0.25) is 0 Å². The van der Waals surface area contributed by atoms with E-state index >= 15 is 0 Å². The highest BCUT2D eigenvalue weighted by molar-refractivity contribution is 4.65. The van der Waals surface area contributed by atoms with Gasteiger partial charge in [0, 0.05) is 13.1 Å². The quantitative estimate of drug-likeness (QED) is 0.681. The van der Waals surface area contributed by atoms with Gasteiger partial charge in [-0.25, -0.2) is 0 Å². The lowest BCUT2D eigenvalue weighted by atomic mass is 10.1. The molecule has 1 fully saturated rings. The zero-order valence-electron chi connectivity index (χ0n) is 10.5. The van der Waals surface area contributed by atoms with E-state index in [1.54, 1.807) is 0 Å². The number of hydrogen-bond acceptors (Lipinski definition) is 3. The molecule has 1 aliphatic rings. The molecule has 0 unspecified atom stereocenters. The first-order valence-corrected chi connectivity index (χ1v) is 6.38. The first-order chi connectivity index (χ1) is 7.33. The standard InChI is InChI=1S/C12H27N3/c1-13-7-12-14(2)8-6-11-15-9-4-3-5-10-15/h13H,3-12H2,1-2H3. The fraction of sp³-hybridized carbons (Fsp3) is 1.00. The van der Waals surface area contributed by atoms with Gasteiger partial charge in [0.25, 0.3) is 0 Å². The topological polar surface area (TPSA) is 18.5 Å². The highest BCUT2D eigenvalue weighted by Gasteiger charge is 2.09. The zero-order chi connectivity index (χ0) is 10.9. The summed E-state index contributed by atoms with van der Waals surface area (Å²) in [7, 11) is 4.23. The van der Waals surface area contributed by atoms with Crippen molar-refractivity contribution in [3.05, 3.63) is 0 Å². The van der Waals surface area contributed by atoms with E-state index in [0.29, 0.717) is 0 Å². The van der Waals surface area contributed by atoms with Crippen molar-refractivity contribution in [1.82, 2.24) is 15.1 Å². The number of rotatable bonds is 7. The number of piperidine rings is 1. The van der Waals surface area contributed by atoms with Gasteiger partial charge in [0.15, 0.2) is 0 Å². The molecule has 1 rings (SSSR count). The van der Waals surface area contributed by atoms with E-state index in [9.17, 15) is 0 Å². The lowest BCUT2D eigenvalue weighted by molar-refractivity contribution is 0.212. The summed E-state index contributed by atoms with van der Waals surface area (Å²) in [5, 5.41) is 3.19. The molecule has 3 heteroatoms. The van der Waals surface area contributed by atoms with Crippen molar-refractivity contribution in [3.63, 3.8) is 0 Å². The maximum atomic E-state index is 3.19. The van der Waals surface area contributed by atoms with Gasteiger partial charge in [-0.05, 0) is 59.5 Å². The van der Waals surface area contributed by atoms with E-state index in [2.05, 4.69) is 22.2 Å². The highest BCUT2D eigenvalue weighted by atomic mass is 15.1. The van der Waals surface area contributed by atoms with Crippen LogP contribution in [0, 0.1) is 0 Å². The van der Waals surface area contributed by atoms with Gasteiger partial charge in [0.1, 0.15) is 0 Å². The van der Waals surface area contributed by atoms with Gasteiger partial charge in [-0.15, -0.1) is 0 Å². The monoisotopic (exact) mass is 213 g/mol. The van der Waals surface area contributed by atoms with Gasteiger partial charge < -0.3 is 15.1 Å². The average molecular weight is 213 g/mol. The summed E-state index contributed by atoms with van der Waals surface area (Å²) in [6.07, 6.45) is 5.59. The van der Waals surface area contributed by atoms with Gasteiger partial charge in [-0.2, -0.15) is 0 Å². The SMILES string of the molecule is CNCCN(C)CCCN1CCCCC1. The molecule has 1 heterocycles. The minimum Gasteiger partial charge on any atom is -0.318 e. The molecule has 0 aromatic heterocycles. The Kier molecular flexibility index (Phi) is 6.98. The van der Waals surface area contributed by atoms with E-state index in [1.807, 2.05) is 7.05 Å². The molecule has 90 valence electrons. The average Bonchev–Trinajstić information content (AvgIpc) is 2.28. The molecule has 1 saturated heterocycles. The third-order valence-electron chi connectivity index (χ3n) is 3.21. The highest BCUT2D eigenvalue weighted by Crippen LogP contribution is 2.08. The zero-order valence-corrected chi connectivity index (χ0v) is 10.5. The van der Waals surface area contributed by atoms with Crippen molar-refractivity contribution in [2.24, 2.45) is 0 Å². The summed E-state index contributed by atoms with van der Waals surface area (Å²) >= 11 is 0. The van der Waals surface area contributed by atoms with Gasteiger partial charge >= 0.3 is 0 Å². The molecule has 0 radical (unpaired) electrons. The second-order valence-corrected chi connectivity index (χ2v) is 4.66. The smallest absolute Gasteiger partial charge is 0.0104 e. The Morgan fingerprint density at radius 3 is 2.53 bits per heavy atom. The predicted molar refractivity (Wildman–Crippen MR) is 66.3 cm³/mol. The molecule has 1 aliphatic heterocycles. The summed E-state index contributed by atoms with van der Waals surface area (Å²) < 4.78 is 0. The second-order valence-electron chi connectivity index (χ2n) is 4.66. The van der Waals surface area contributed by atoms with Crippen LogP contribution in [0.5, 0.6) is 0 Å². The van der Waals surface area contributed by atoms with Gasteiger partial charge in [0.2, 0.25) is 0 Å². The van der Waals surface area contributed by atoms with Crippen LogP contribution in [0.4, 0.5) is 0 Å². The van der Waals surface area contributed by atoms with Crippen LogP contribution < -0.4 is 5.32 Å². The maximum absolute atomic E-state index is 3.19. The number of likely N-dealkylation sites (tertiary alicyclic amines) is 1. The van der Waals surface area contributed by atoms with E-state index in [-0.39, 0.29) is 0 Å². The van der Waals surface area contributed by atoms with Crippen LogP contribution in [0.25, 0.3) is 0 Å². The van der Waals surface area contributed by atoms with Crippen LogP contribution in [-0.4, -0.2) is 63.2 Å². The van der Waals surface area contributed by atoms with Crippen molar-refractivity contribution in [1.29, 1.82) is 0 Å². The molecule has 3 nitrogen and oxygen atoms in total. The van der Waals surface area contributed by atoms with Crippen LogP contribution in [0.15, 0.2) is 0 Å². The van der Waals surface area contributed by atoms with E-state index in [4.69, 9.17) is 0 Å². The van der Waals surface area contributed by atoms with Gasteiger partial charge in [-0.1, -0.05) is 6.42 Å². The molecular weight excluding hydrogens is 186 g/mol.